The third-order valence-corrected chi connectivity index (χ3v) is 2.69. The van der Waals surface area contributed by atoms with E-state index in [2.05, 4.69) is 5.32 Å². The van der Waals surface area contributed by atoms with E-state index in [0.717, 1.165) is 0 Å². The van der Waals surface area contributed by atoms with Crippen LogP contribution in [0, 0.1) is 11.3 Å². The summed E-state index contributed by atoms with van der Waals surface area (Å²) < 4.78 is 5.08. The first-order chi connectivity index (χ1) is 8.70. The lowest BCUT2D eigenvalue weighted by Crippen LogP contribution is -2.12. The van der Waals surface area contributed by atoms with E-state index in [1.165, 1.54) is 6.26 Å². The van der Waals surface area contributed by atoms with Crippen molar-refractivity contribution in [3.8, 4) is 6.07 Å². The summed E-state index contributed by atoms with van der Waals surface area (Å²) >= 11 is 5.80. The molecule has 1 aromatic carbocycles. The van der Waals surface area contributed by atoms with Gasteiger partial charge in [-0.15, -0.1) is 0 Å². The Morgan fingerprint density at radius 3 is 2.94 bits per heavy atom. The van der Waals surface area contributed by atoms with Gasteiger partial charge in [0.15, 0.2) is 0 Å². The maximum absolute atomic E-state index is 9.82. The van der Waals surface area contributed by atoms with E-state index in [1.54, 1.807) is 30.3 Å². The molecule has 1 atom stereocenters. The van der Waals surface area contributed by atoms with Crippen LogP contribution in [-0.4, -0.2) is 11.7 Å². The molecule has 0 bridgehead atoms. The summed E-state index contributed by atoms with van der Waals surface area (Å²) in [5, 5.41) is 22.3. The zero-order valence-corrected chi connectivity index (χ0v) is 10.2. The number of halogens is 1. The van der Waals surface area contributed by atoms with Crippen LogP contribution in [0.1, 0.15) is 17.4 Å². The van der Waals surface area contributed by atoms with Gasteiger partial charge in [0, 0.05) is 11.6 Å². The summed E-state index contributed by atoms with van der Waals surface area (Å²) in [5.74, 6) is 0.481. The highest BCUT2D eigenvalue weighted by Gasteiger charge is 2.11. The Bertz CT molecular complexity index is 561. The lowest BCUT2D eigenvalue weighted by atomic mass is 10.2. The van der Waals surface area contributed by atoms with E-state index in [9.17, 15) is 5.11 Å². The predicted molar refractivity (Wildman–Crippen MR) is 68.3 cm³/mol. The van der Waals surface area contributed by atoms with E-state index in [4.69, 9.17) is 21.3 Å². The van der Waals surface area contributed by atoms with Crippen molar-refractivity contribution in [3.05, 3.63) is 52.9 Å². The van der Waals surface area contributed by atoms with Crippen molar-refractivity contribution >= 4 is 17.3 Å². The summed E-state index contributed by atoms with van der Waals surface area (Å²) in [7, 11) is 0. The first-order valence-corrected chi connectivity index (χ1v) is 5.73. The summed E-state index contributed by atoms with van der Waals surface area (Å²) in [5.41, 5.74) is 1.07. The molecule has 0 fully saturated rings. The number of furan rings is 1. The van der Waals surface area contributed by atoms with Crippen molar-refractivity contribution < 1.29 is 9.52 Å². The number of aliphatic hydroxyl groups is 1. The zero-order chi connectivity index (χ0) is 13.0. The van der Waals surface area contributed by atoms with Crippen LogP contribution < -0.4 is 5.32 Å². The number of anilines is 1. The molecule has 92 valence electrons. The highest BCUT2D eigenvalue weighted by Crippen LogP contribution is 2.21. The predicted octanol–water partition coefficient (Wildman–Crippen LogP) is 2.95. The Hall–Kier alpha value is -1.96. The van der Waals surface area contributed by atoms with Crippen LogP contribution in [0.15, 0.2) is 41.0 Å². The van der Waals surface area contributed by atoms with Crippen LogP contribution in [0.5, 0.6) is 0 Å². The summed E-state index contributed by atoms with van der Waals surface area (Å²) in [6.45, 7) is 0.254. The number of rotatable bonds is 4. The minimum Gasteiger partial charge on any atom is -0.467 e. The number of hydrogen-bond donors (Lipinski definition) is 2. The molecule has 1 unspecified atom stereocenters. The van der Waals surface area contributed by atoms with Crippen LogP contribution >= 0.6 is 11.6 Å². The molecular weight excluding hydrogens is 252 g/mol. The Morgan fingerprint density at radius 2 is 2.28 bits per heavy atom. The van der Waals surface area contributed by atoms with Gasteiger partial charge in [-0.05, 0) is 30.3 Å². The molecule has 4 nitrogen and oxygen atoms in total. The number of nitriles is 1. The molecule has 1 heterocycles. The lowest BCUT2D eigenvalue weighted by molar-refractivity contribution is 0.162. The maximum Gasteiger partial charge on any atom is 0.134 e. The second-order valence-corrected chi connectivity index (χ2v) is 4.15. The van der Waals surface area contributed by atoms with Gasteiger partial charge in [0.2, 0.25) is 0 Å². The molecule has 2 rings (SSSR count). The van der Waals surface area contributed by atoms with Gasteiger partial charge in [0.05, 0.1) is 17.5 Å². The third kappa shape index (κ3) is 2.83. The van der Waals surface area contributed by atoms with Crippen molar-refractivity contribution in [3.63, 3.8) is 0 Å². The molecule has 0 spiro atoms. The number of benzene rings is 1. The SMILES string of the molecule is N#Cc1cc(Cl)ccc1NCC(O)c1ccco1. The second kappa shape index (κ2) is 5.58. The van der Waals surface area contributed by atoms with E-state index >= 15 is 0 Å². The fourth-order valence-corrected chi connectivity index (χ4v) is 1.72. The number of nitrogens with one attached hydrogen (secondary N) is 1. The van der Waals surface area contributed by atoms with Gasteiger partial charge in [-0.3, -0.25) is 0 Å². The molecule has 2 aromatic rings. The maximum atomic E-state index is 9.82. The van der Waals surface area contributed by atoms with Gasteiger partial charge in [0.1, 0.15) is 17.9 Å². The molecule has 0 radical (unpaired) electrons. The zero-order valence-electron chi connectivity index (χ0n) is 9.43. The van der Waals surface area contributed by atoms with Crippen LogP contribution in [-0.2, 0) is 0 Å². The Morgan fingerprint density at radius 1 is 1.44 bits per heavy atom. The summed E-state index contributed by atoms with van der Waals surface area (Å²) in [6, 6.07) is 10.4. The van der Waals surface area contributed by atoms with Crippen LogP contribution in [0.3, 0.4) is 0 Å². The van der Waals surface area contributed by atoms with E-state index < -0.39 is 6.10 Å². The van der Waals surface area contributed by atoms with Crippen LogP contribution in [0.4, 0.5) is 5.69 Å². The molecule has 0 saturated heterocycles. The molecule has 5 heteroatoms. The van der Waals surface area contributed by atoms with Gasteiger partial charge in [-0.1, -0.05) is 11.6 Å². The third-order valence-electron chi connectivity index (χ3n) is 2.46. The molecule has 18 heavy (non-hydrogen) atoms. The Balaban J connectivity index is 2.05. The summed E-state index contributed by atoms with van der Waals surface area (Å²) in [4.78, 5) is 0. The van der Waals surface area contributed by atoms with E-state index in [0.29, 0.717) is 22.0 Å². The van der Waals surface area contributed by atoms with Crippen molar-refractivity contribution in [1.82, 2.24) is 0 Å². The van der Waals surface area contributed by atoms with Gasteiger partial charge in [-0.25, -0.2) is 0 Å². The fourth-order valence-electron chi connectivity index (χ4n) is 1.55. The highest BCUT2D eigenvalue weighted by molar-refractivity contribution is 6.30. The molecule has 0 aliphatic rings. The average molecular weight is 263 g/mol. The fraction of sp³-hybridized carbons (Fsp3) is 0.154. The summed E-state index contributed by atoms with van der Waals surface area (Å²) in [6.07, 6.45) is 0.740. The standard InChI is InChI=1S/C13H11ClN2O2/c14-10-3-4-11(9(6-10)7-15)16-8-12(17)13-2-1-5-18-13/h1-6,12,16-17H,8H2. The molecule has 0 aliphatic carbocycles. The van der Waals surface area contributed by atoms with Crippen LogP contribution in [0.25, 0.3) is 0 Å². The number of aliphatic hydroxyl groups excluding tert-OH is 1. The molecule has 1 aromatic heterocycles. The van der Waals surface area contributed by atoms with Crippen LogP contribution in [0.2, 0.25) is 5.02 Å². The van der Waals surface area contributed by atoms with Crippen molar-refractivity contribution in [2.75, 3.05) is 11.9 Å². The number of nitrogens with zero attached hydrogens (tertiary/aromatic N) is 1. The average Bonchev–Trinajstić information content (AvgIpc) is 2.90. The minimum atomic E-state index is -0.762. The first kappa shape index (κ1) is 12.5. The molecule has 0 amide bonds. The smallest absolute Gasteiger partial charge is 0.134 e. The van der Waals surface area contributed by atoms with E-state index in [1.807, 2.05) is 6.07 Å². The minimum absolute atomic E-state index is 0.254. The van der Waals surface area contributed by atoms with Gasteiger partial charge >= 0.3 is 0 Å². The normalized spacial score (nSPS) is 11.8. The number of hydrogen-bond acceptors (Lipinski definition) is 4. The second-order valence-electron chi connectivity index (χ2n) is 3.71. The Kier molecular flexibility index (Phi) is 3.88. The monoisotopic (exact) mass is 262 g/mol. The van der Waals surface area contributed by atoms with Gasteiger partial charge in [0.25, 0.3) is 0 Å². The Labute approximate surface area is 109 Å². The van der Waals surface area contributed by atoms with Crippen molar-refractivity contribution in [2.24, 2.45) is 0 Å². The quantitative estimate of drug-likeness (QED) is 0.889. The topological polar surface area (TPSA) is 69.2 Å². The van der Waals surface area contributed by atoms with E-state index in [-0.39, 0.29) is 6.54 Å². The molecule has 2 N–H and O–H groups in total. The first-order valence-electron chi connectivity index (χ1n) is 5.35. The largest absolute Gasteiger partial charge is 0.467 e. The molecule has 0 aliphatic heterocycles. The molecule has 0 saturated carbocycles. The van der Waals surface area contributed by atoms with Gasteiger partial charge in [-0.2, -0.15) is 5.26 Å². The highest BCUT2D eigenvalue weighted by atomic mass is 35.5. The van der Waals surface area contributed by atoms with Gasteiger partial charge < -0.3 is 14.8 Å². The lowest BCUT2D eigenvalue weighted by Gasteiger charge is -2.11. The van der Waals surface area contributed by atoms with Crippen molar-refractivity contribution in [2.45, 2.75) is 6.10 Å². The van der Waals surface area contributed by atoms with Crippen molar-refractivity contribution in [1.29, 1.82) is 5.26 Å². The molecular formula is C13H11ClN2O2.